The lowest BCUT2D eigenvalue weighted by Gasteiger charge is -2.05. The fourth-order valence-electron chi connectivity index (χ4n) is 2.00. The number of aliphatic carboxylic acids is 1. The number of carboxylic acid groups (broad SMARTS) is 1. The smallest absolute Gasteiger partial charge is 0.325 e. The van der Waals surface area contributed by atoms with Crippen LogP contribution in [0.2, 0.25) is 0 Å². The Balaban J connectivity index is 1.86. The van der Waals surface area contributed by atoms with Crippen molar-refractivity contribution >= 4 is 17.7 Å². The molecule has 2 aromatic rings. The van der Waals surface area contributed by atoms with Crippen molar-refractivity contribution in [2.24, 2.45) is 0 Å². The van der Waals surface area contributed by atoms with E-state index in [1.54, 1.807) is 6.07 Å². The number of nitrogens with one attached hydrogen (secondary N) is 1. The molecule has 1 aromatic carbocycles. The molecule has 6 nitrogen and oxygen atoms in total. The molecule has 0 spiro atoms. The number of amides is 1. The third kappa shape index (κ3) is 4.45. The van der Waals surface area contributed by atoms with Crippen LogP contribution in [0.4, 0.5) is 5.82 Å². The molecule has 2 rings (SSSR count). The van der Waals surface area contributed by atoms with Crippen LogP contribution >= 0.6 is 0 Å². The quantitative estimate of drug-likeness (QED) is 0.849. The standard InChI is InChI=1S/C15H17N3O3/c1-11-4-2-3-5-12(11)6-7-14(19)16-13-8-9-18(17-13)10-15(20)21/h2-5,8-9H,6-7,10H2,1H3,(H,20,21)(H,16,17,19). The Morgan fingerprint density at radius 3 is 2.76 bits per heavy atom. The van der Waals surface area contributed by atoms with E-state index in [1.807, 2.05) is 31.2 Å². The summed E-state index contributed by atoms with van der Waals surface area (Å²) in [5.74, 6) is -0.750. The summed E-state index contributed by atoms with van der Waals surface area (Å²) in [5, 5.41) is 15.3. The first-order chi connectivity index (χ1) is 10.0. The molecule has 0 aliphatic rings. The number of hydrogen-bond donors (Lipinski definition) is 2. The maximum Gasteiger partial charge on any atom is 0.325 e. The molecule has 2 N–H and O–H groups in total. The summed E-state index contributed by atoms with van der Waals surface area (Å²) in [6, 6.07) is 9.52. The van der Waals surface area contributed by atoms with Crippen molar-refractivity contribution in [2.75, 3.05) is 5.32 Å². The van der Waals surface area contributed by atoms with Crippen molar-refractivity contribution in [1.29, 1.82) is 0 Å². The van der Waals surface area contributed by atoms with Crippen molar-refractivity contribution in [3.8, 4) is 0 Å². The Bertz CT molecular complexity index is 649. The molecule has 1 aromatic heterocycles. The minimum atomic E-state index is -0.976. The first kappa shape index (κ1) is 14.8. The third-order valence-corrected chi connectivity index (χ3v) is 3.09. The highest BCUT2D eigenvalue weighted by Gasteiger charge is 2.07. The van der Waals surface area contributed by atoms with Crippen LogP contribution in [0.25, 0.3) is 0 Å². The van der Waals surface area contributed by atoms with E-state index in [-0.39, 0.29) is 12.5 Å². The van der Waals surface area contributed by atoms with Gasteiger partial charge < -0.3 is 10.4 Å². The van der Waals surface area contributed by atoms with Gasteiger partial charge in [-0.05, 0) is 24.5 Å². The highest BCUT2D eigenvalue weighted by molar-refractivity contribution is 5.89. The number of aryl methyl sites for hydroxylation is 2. The minimum absolute atomic E-state index is 0.140. The summed E-state index contributed by atoms with van der Waals surface area (Å²) in [4.78, 5) is 22.4. The van der Waals surface area contributed by atoms with E-state index in [0.717, 1.165) is 11.1 Å². The average Bonchev–Trinajstić information content (AvgIpc) is 2.84. The number of carbonyl (C=O) groups is 2. The van der Waals surface area contributed by atoms with Gasteiger partial charge in [-0.3, -0.25) is 14.3 Å². The molecule has 0 atom stereocenters. The van der Waals surface area contributed by atoms with Crippen LogP contribution in [0.5, 0.6) is 0 Å². The first-order valence-corrected chi connectivity index (χ1v) is 6.64. The van der Waals surface area contributed by atoms with Gasteiger partial charge in [-0.2, -0.15) is 5.10 Å². The van der Waals surface area contributed by atoms with Crippen molar-refractivity contribution in [2.45, 2.75) is 26.3 Å². The summed E-state index contributed by atoms with van der Waals surface area (Å²) in [6.45, 7) is 1.79. The summed E-state index contributed by atoms with van der Waals surface area (Å²) in [7, 11) is 0. The highest BCUT2D eigenvalue weighted by Crippen LogP contribution is 2.10. The zero-order valence-electron chi connectivity index (χ0n) is 11.7. The predicted octanol–water partition coefficient (Wildman–Crippen LogP) is 1.85. The highest BCUT2D eigenvalue weighted by atomic mass is 16.4. The Hall–Kier alpha value is -2.63. The van der Waals surface area contributed by atoms with E-state index < -0.39 is 5.97 Å². The molecule has 0 radical (unpaired) electrons. The zero-order chi connectivity index (χ0) is 15.2. The summed E-state index contributed by atoms with van der Waals surface area (Å²) in [6.07, 6.45) is 2.54. The average molecular weight is 287 g/mol. The number of rotatable bonds is 6. The maximum absolute atomic E-state index is 11.9. The molecule has 0 saturated carbocycles. The molecule has 1 amide bonds. The second-order valence-corrected chi connectivity index (χ2v) is 4.77. The molecule has 0 aliphatic heterocycles. The number of carboxylic acids is 1. The topological polar surface area (TPSA) is 84.2 Å². The van der Waals surface area contributed by atoms with Crippen LogP contribution in [0, 0.1) is 6.92 Å². The predicted molar refractivity (Wildman–Crippen MR) is 78.0 cm³/mol. The van der Waals surface area contributed by atoms with E-state index in [9.17, 15) is 9.59 Å². The second-order valence-electron chi connectivity index (χ2n) is 4.77. The van der Waals surface area contributed by atoms with E-state index >= 15 is 0 Å². The number of benzene rings is 1. The zero-order valence-corrected chi connectivity index (χ0v) is 11.7. The molecular weight excluding hydrogens is 270 g/mol. The molecule has 1 heterocycles. The van der Waals surface area contributed by atoms with Gasteiger partial charge in [-0.1, -0.05) is 24.3 Å². The van der Waals surface area contributed by atoms with Crippen molar-refractivity contribution in [3.05, 3.63) is 47.7 Å². The van der Waals surface area contributed by atoms with Gasteiger partial charge in [0.1, 0.15) is 6.54 Å². The minimum Gasteiger partial charge on any atom is -0.480 e. The van der Waals surface area contributed by atoms with Gasteiger partial charge >= 0.3 is 5.97 Å². The largest absolute Gasteiger partial charge is 0.480 e. The first-order valence-electron chi connectivity index (χ1n) is 6.64. The van der Waals surface area contributed by atoms with E-state index in [2.05, 4.69) is 10.4 Å². The van der Waals surface area contributed by atoms with Crippen molar-refractivity contribution in [3.63, 3.8) is 0 Å². The Labute approximate surface area is 122 Å². The SMILES string of the molecule is Cc1ccccc1CCC(=O)Nc1ccn(CC(=O)O)n1. The van der Waals surface area contributed by atoms with Gasteiger partial charge in [0.25, 0.3) is 0 Å². The maximum atomic E-state index is 11.9. The second kappa shape index (κ2) is 6.69. The molecule has 0 bridgehead atoms. The molecule has 21 heavy (non-hydrogen) atoms. The van der Waals surface area contributed by atoms with Crippen molar-refractivity contribution < 1.29 is 14.7 Å². The normalized spacial score (nSPS) is 10.3. The monoisotopic (exact) mass is 287 g/mol. The Kier molecular flexibility index (Phi) is 4.71. The Morgan fingerprint density at radius 1 is 1.29 bits per heavy atom. The van der Waals surface area contributed by atoms with Gasteiger partial charge in [-0.15, -0.1) is 0 Å². The van der Waals surface area contributed by atoms with Crippen molar-refractivity contribution in [1.82, 2.24) is 9.78 Å². The van der Waals surface area contributed by atoms with Gasteiger partial charge in [0.15, 0.2) is 5.82 Å². The van der Waals surface area contributed by atoms with Gasteiger partial charge in [0, 0.05) is 18.7 Å². The molecular formula is C15H17N3O3. The summed E-state index contributed by atoms with van der Waals surface area (Å²) >= 11 is 0. The van der Waals surface area contributed by atoms with Gasteiger partial charge in [0.2, 0.25) is 5.91 Å². The molecule has 6 heteroatoms. The molecule has 0 fully saturated rings. The lowest BCUT2D eigenvalue weighted by Crippen LogP contribution is -2.14. The lowest BCUT2D eigenvalue weighted by molar-refractivity contribution is -0.137. The number of carbonyl (C=O) groups excluding carboxylic acids is 1. The number of anilines is 1. The molecule has 0 aliphatic carbocycles. The van der Waals surface area contributed by atoms with E-state index in [1.165, 1.54) is 10.9 Å². The fraction of sp³-hybridized carbons (Fsp3) is 0.267. The molecule has 110 valence electrons. The van der Waals surface area contributed by atoms with Gasteiger partial charge in [0.05, 0.1) is 0 Å². The van der Waals surface area contributed by atoms with Crippen LogP contribution in [0.15, 0.2) is 36.5 Å². The fourth-order valence-corrected chi connectivity index (χ4v) is 2.00. The number of nitrogens with zero attached hydrogens (tertiary/aromatic N) is 2. The van der Waals surface area contributed by atoms with Gasteiger partial charge in [-0.25, -0.2) is 0 Å². The van der Waals surface area contributed by atoms with Crippen LogP contribution in [-0.2, 0) is 22.6 Å². The molecule has 0 unspecified atom stereocenters. The Morgan fingerprint density at radius 2 is 2.05 bits per heavy atom. The van der Waals surface area contributed by atoms with E-state index in [4.69, 9.17) is 5.11 Å². The van der Waals surface area contributed by atoms with Crippen LogP contribution in [-0.4, -0.2) is 26.8 Å². The summed E-state index contributed by atoms with van der Waals surface area (Å²) in [5.41, 5.74) is 2.31. The van der Waals surface area contributed by atoms with Crippen LogP contribution < -0.4 is 5.32 Å². The number of hydrogen-bond acceptors (Lipinski definition) is 3. The van der Waals surface area contributed by atoms with E-state index in [0.29, 0.717) is 18.7 Å². The lowest BCUT2D eigenvalue weighted by atomic mass is 10.0. The van der Waals surface area contributed by atoms with Crippen LogP contribution in [0.1, 0.15) is 17.5 Å². The number of aromatic nitrogens is 2. The summed E-state index contributed by atoms with van der Waals surface area (Å²) < 4.78 is 1.26. The van der Waals surface area contributed by atoms with Crippen LogP contribution in [0.3, 0.4) is 0 Å². The molecule has 0 saturated heterocycles. The third-order valence-electron chi connectivity index (χ3n) is 3.09.